The first-order chi connectivity index (χ1) is 5.20. The van der Waals surface area contributed by atoms with Crippen LogP contribution in [0.25, 0.3) is 0 Å². The summed E-state index contributed by atoms with van der Waals surface area (Å²) in [5.41, 5.74) is 5.36. The summed E-state index contributed by atoms with van der Waals surface area (Å²) in [5, 5.41) is 0.333. The molecule has 0 radical (unpaired) electrons. The van der Waals surface area contributed by atoms with E-state index in [0.717, 1.165) is 0 Å². The molecule has 3 nitrogen and oxygen atoms in total. The van der Waals surface area contributed by atoms with Crippen LogP contribution in [0.1, 0.15) is 13.8 Å². The highest BCUT2D eigenvalue weighted by Gasteiger charge is 2.05. The molecule has 1 unspecified atom stereocenters. The van der Waals surface area contributed by atoms with Crippen LogP contribution >= 0.6 is 11.8 Å². The van der Waals surface area contributed by atoms with Crippen LogP contribution in [0.5, 0.6) is 0 Å². The Hall–Kier alpha value is -0.220. The Kier molecular flexibility index (Phi) is 6.36. The predicted octanol–water partition coefficient (Wildman–Crippen LogP) is 0.630. The SMILES string of the molecule is CCOC(=O)CSC(C)CN. The van der Waals surface area contributed by atoms with Gasteiger partial charge in [0.2, 0.25) is 0 Å². The molecule has 0 spiro atoms. The topological polar surface area (TPSA) is 52.3 Å². The fraction of sp³-hybridized carbons (Fsp3) is 0.857. The molecule has 66 valence electrons. The molecule has 0 rings (SSSR count). The summed E-state index contributed by atoms with van der Waals surface area (Å²) in [5.74, 6) is 0.254. The Balaban J connectivity index is 3.30. The van der Waals surface area contributed by atoms with Crippen molar-refractivity contribution in [3.05, 3.63) is 0 Å². The van der Waals surface area contributed by atoms with E-state index in [1.807, 2.05) is 6.92 Å². The van der Waals surface area contributed by atoms with Crippen molar-refractivity contribution >= 4 is 17.7 Å². The summed E-state index contributed by atoms with van der Waals surface area (Å²) in [6, 6.07) is 0. The van der Waals surface area contributed by atoms with Crippen LogP contribution in [-0.4, -0.2) is 30.1 Å². The number of thioether (sulfide) groups is 1. The minimum absolute atomic E-state index is 0.155. The van der Waals surface area contributed by atoms with E-state index in [-0.39, 0.29) is 5.97 Å². The van der Waals surface area contributed by atoms with Gasteiger partial charge in [-0.2, -0.15) is 0 Å². The fourth-order valence-corrected chi connectivity index (χ4v) is 1.12. The largest absolute Gasteiger partial charge is 0.465 e. The maximum Gasteiger partial charge on any atom is 0.315 e. The molecule has 0 saturated heterocycles. The van der Waals surface area contributed by atoms with Gasteiger partial charge in [-0.15, -0.1) is 11.8 Å². The maximum atomic E-state index is 10.8. The van der Waals surface area contributed by atoms with E-state index in [2.05, 4.69) is 0 Å². The Morgan fingerprint density at radius 2 is 2.36 bits per heavy atom. The second-order valence-electron chi connectivity index (χ2n) is 2.16. The van der Waals surface area contributed by atoms with Gasteiger partial charge in [0, 0.05) is 11.8 Å². The molecule has 0 heterocycles. The van der Waals surface area contributed by atoms with Crippen LogP contribution in [0.3, 0.4) is 0 Å². The zero-order valence-electron chi connectivity index (χ0n) is 7.00. The van der Waals surface area contributed by atoms with Crippen LogP contribution in [-0.2, 0) is 9.53 Å². The van der Waals surface area contributed by atoms with Crippen LogP contribution in [0, 0.1) is 0 Å². The van der Waals surface area contributed by atoms with Crippen molar-refractivity contribution in [3.63, 3.8) is 0 Å². The summed E-state index contributed by atoms with van der Waals surface area (Å²) in [6.45, 7) is 4.85. The molecule has 0 aliphatic carbocycles. The lowest BCUT2D eigenvalue weighted by molar-refractivity contribution is -0.139. The second kappa shape index (κ2) is 6.49. The molecule has 11 heavy (non-hydrogen) atoms. The molecular weight excluding hydrogens is 162 g/mol. The molecule has 0 bridgehead atoms. The number of rotatable bonds is 5. The monoisotopic (exact) mass is 177 g/mol. The molecule has 0 aromatic heterocycles. The predicted molar refractivity (Wildman–Crippen MR) is 47.6 cm³/mol. The van der Waals surface area contributed by atoms with E-state index in [1.165, 1.54) is 11.8 Å². The molecule has 0 amide bonds. The summed E-state index contributed by atoms with van der Waals surface area (Å²) in [7, 11) is 0. The van der Waals surface area contributed by atoms with Crippen molar-refractivity contribution in [1.82, 2.24) is 0 Å². The summed E-state index contributed by atoms with van der Waals surface area (Å²) in [4.78, 5) is 10.8. The highest BCUT2D eigenvalue weighted by molar-refractivity contribution is 8.00. The molecule has 1 atom stereocenters. The van der Waals surface area contributed by atoms with E-state index in [4.69, 9.17) is 10.5 Å². The van der Waals surface area contributed by atoms with Gasteiger partial charge in [-0.3, -0.25) is 4.79 Å². The van der Waals surface area contributed by atoms with Crippen LogP contribution < -0.4 is 5.73 Å². The summed E-state index contributed by atoms with van der Waals surface area (Å²) in [6.07, 6.45) is 0. The van der Waals surface area contributed by atoms with Gasteiger partial charge in [-0.1, -0.05) is 6.92 Å². The lowest BCUT2D eigenvalue weighted by atomic mass is 10.5. The first kappa shape index (κ1) is 10.8. The zero-order chi connectivity index (χ0) is 8.69. The lowest BCUT2D eigenvalue weighted by Crippen LogP contribution is -2.16. The van der Waals surface area contributed by atoms with E-state index in [1.54, 1.807) is 6.92 Å². The van der Waals surface area contributed by atoms with Crippen LogP contribution in [0.2, 0.25) is 0 Å². The molecule has 0 aromatic carbocycles. The quantitative estimate of drug-likeness (QED) is 0.626. The van der Waals surface area contributed by atoms with E-state index >= 15 is 0 Å². The van der Waals surface area contributed by atoms with Gasteiger partial charge < -0.3 is 10.5 Å². The Morgan fingerprint density at radius 1 is 1.73 bits per heavy atom. The third-order valence-corrected chi connectivity index (χ3v) is 2.29. The first-order valence-corrected chi connectivity index (χ1v) is 4.72. The normalized spacial score (nSPS) is 12.6. The van der Waals surface area contributed by atoms with Crippen molar-refractivity contribution in [1.29, 1.82) is 0 Å². The zero-order valence-corrected chi connectivity index (χ0v) is 7.82. The van der Waals surface area contributed by atoms with E-state index in [9.17, 15) is 4.79 Å². The summed E-state index contributed by atoms with van der Waals surface area (Å²) < 4.78 is 4.74. The van der Waals surface area contributed by atoms with Crippen LogP contribution in [0.15, 0.2) is 0 Å². The molecule has 0 aliphatic heterocycles. The third kappa shape index (κ3) is 6.19. The number of carbonyl (C=O) groups is 1. The molecule has 4 heteroatoms. The van der Waals surface area contributed by atoms with Gasteiger partial charge in [-0.25, -0.2) is 0 Å². The average molecular weight is 177 g/mol. The molecule has 2 N–H and O–H groups in total. The Morgan fingerprint density at radius 3 is 2.82 bits per heavy atom. The van der Waals surface area contributed by atoms with Gasteiger partial charge in [0.05, 0.1) is 12.4 Å². The number of hydrogen-bond acceptors (Lipinski definition) is 4. The van der Waals surface area contributed by atoms with Gasteiger partial charge in [0.25, 0.3) is 0 Å². The Bertz CT molecular complexity index is 119. The highest BCUT2D eigenvalue weighted by Crippen LogP contribution is 2.08. The number of carbonyl (C=O) groups excluding carboxylic acids is 1. The molecule has 0 fully saturated rings. The minimum atomic E-state index is -0.155. The van der Waals surface area contributed by atoms with Crippen molar-refractivity contribution in [2.24, 2.45) is 5.73 Å². The number of hydrogen-bond donors (Lipinski definition) is 1. The standard InChI is InChI=1S/C7H15NO2S/c1-3-10-7(9)5-11-6(2)4-8/h6H,3-5,8H2,1-2H3. The molecular formula is C7H15NO2S. The Labute approximate surface area is 71.7 Å². The van der Waals surface area contributed by atoms with Gasteiger partial charge in [0.1, 0.15) is 0 Å². The molecule has 0 aromatic rings. The highest BCUT2D eigenvalue weighted by atomic mass is 32.2. The fourth-order valence-electron chi connectivity index (χ4n) is 0.481. The van der Waals surface area contributed by atoms with Crippen molar-refractivity contribution in [3.8, 4) is 0 Å². The van der Waals surface area contributed by atoms with Crippen LogP contribution in [0.4, 0.5) is 0 Å². The molecule has 0 saturated carbocycles. The van der Waals surface area contributed by atoms with E-state index in [0.29, 0.717) is 24.2 Å². The number of nitrogens with two attached hydrogens (primary N) is 1. The minimum Gasteiger partial charge on any atom is -0.465 e. The average Bonchev–Trinajstić information content (AvgIpc) is 2.01. The summed E-state index contributed by atoms with van der Waals surface area (Å²) >= 11 is 1.52. The smallest absolute Gasteiger partial charge is 0.315 e. The van der Waals surface area contributed by atoms with Gasteiger partial charge in [0.15, 0.2) is 0 Å². The lowest BCUT2D eigenvalue weighted by Gasteiger charge is -2.06. The van der Waals surface area contributed by atoms with Crippen molar-refractivity contribution in [2.75, 3.05) is 18.9 Å². The second-order valence-corrected chi connectivity index (χ2v) is 3.59. The molecule has 0 aliphatic rings. The first-order valence-electron chi connectivity index (χ1n) is 3.68. The number of esters is 1. The van der Waals surface area contributed by atoms with E-state index < -0.39 is 0 Å². The third-order valence-electron chi connectivity index (χ3n) is 1.12. The van der Waals surface area contributed by atoms with Crippen molar-refractivity contribution < 1.29 is 9.53 Å². The van der Waals surface area contributed by atoms with Gasteiger partial charge in [-0.05, 0) is 6.92 Å². The maximum absolute atomic E-state index is 10.8. The van der Waals surface area contributed by atoms with Crippen molar-refractivity contribution in [2.45, 2.75) is 19.1 Å². The van der Waals surface area contributed by atoms with Gasteiger partial charge >= 0.3 is 5.97 Å². The number of ether oxygens (including phenoxy) is 1.